The third-order valence-corrected chi connectivity index (χ3v) is 26.7. The molecule has 0 unspecified atom stereocenters. The van der Waals surface area contributed by atoms with Crippen LogP contribution in [-0.4, -0.2) is 48.6 Å². The lowest BCUT2D eigenvalue weighted by molar-refractivity contribution is 0.989. The van der Waals surface area contributed by atoms with Crippen LogP contribution in [0.2, 0.25) is 0 Å². The highest BCUT2D eigenvalue weighted by Gasteiger charge is 2.32. The lowest BCUT2D eigenvalue weighted by Crippen LogP contribution is -2.04. The van der Waals surface area contributed by atoms with E-state index in [1.165, 1.54) is 175 Å². The molecule has 26 aromatic rings. The average molecular weight is 1640 g/mol. The molecule has 10 nitrogen and oxygen atoms in total. The summed E-state index contributed by atoms with van der Waals surface area (Å²) in [6.45, 7) is 0. The van der Waals surface area contributed by atoms with Crippen LogP contribution in [0.15, 0.2) is 425 Å². The van der Waals surface area contributed by atoms with E-state index in [1.54, 1.807) is 0 Å². The summed E-state index contributed by atoms with van der Waals surface area (Å²) in [7, 11) is 0. The van der Waals surface area contributed by atoms with Gasteiger partial charge in [0.1, 0.15) is 0 Å². The normalized spacial score (nSPS) is 12.0. The van der Waals surface area contributed by atoms with Crippen molar-refractivity contribution in [3.8, 4) is 141 Å². The molecule has 20 aromatic carbocycles. The Morgan fingerprint density at radius 2 is 0.465 bits per heavy atom. The van der Waals surface area contributed by atoms with Crippen molar-refractivity contribution in [2.75, 3.05) is 0 Å². The van der Waals surface area contributed by atoms with Crippen LogP contribution in [0, 0.1) is 0 Å². The van der Waals surface area contributed by atoms with E-state index in [4.69, 9.17) is 24.9 Å². The molecule has 0 radical (unpaired) electrons. The predicted molar refractivity (Wildman–Crippen MR) is 532 cm³/mol. The molecule has 0 N–H and O–H groups in total. The van der Waals surface area contributed by atoms with Crippen molar-refractivity contribution in [2.24, 2.45) is 0 Å². The fraction of sp³-hybridized carbons (Fsp3) is 0. The molecule has 596 valence electrons. The molecule has 129 heavy (non-hydrogen) atoms. The molecular weight excluding hydrogens is 1570 g/mol. The van der Waals surface area contributed by atoms with E-state index in [0.717, 1.165) is 67.0 Å². The minimum absolute atomic E-state index is 0.639. The van der Waals surface area contributed by atoms with Gasteiger partial charge in [-0.1, -0.05) is 334 Å². The first-order chi connectivity index (χ1) is 64.0. The van der Waals surface area contributed by atoms with E-state index in [-0.39, 0.29) is 0 Å². The SMILES string of the molecule is c1ccc(-c2cc(-c3ccccc3)nc(-n3c4cccc5c4c4c6c(cc7ccccc7c6ccc43)-c3ccccc3-5)n2)cc1.c1ccc(-c2nc(-c3ccccc3)nc(-c3cccc(-n4c5cccc6c5c5c7c(cc8ccccc8c7ccc54)-c4ccccc4-6)c3)n2)cc1.c1cnc(-n2c3cccc4c3c3c5c(cc6ccccc6c5ccc32)-c2ccccc2-4)nc1. The Morgan fingerprint density at radius 3 is 0.868 bits per heavy atom. The Hall–Kier alpha value is -17.5. The molecule has 0 atom stereocenters. The Labute approximate surface area is 739 Å². The molecule has 0 spiro atoms. The van der Waals surface area contributed by atoms with Crippen LogP contribution >= 0.6 is 0 Å². The topological polar surface area (TPSA) is 105 Å². The number of hydrogen-bond donors (Lipinski definition) is 0. The van der Waals surface area contributed by atoms with Crippen LogP contribution in [0.4, 0.5) is 0 Å². The van der Waals surface area contributed by atoms with Gasteiger partial charge in [-0.05, 0) is 194 Å². The maximum atomic E-state index is 5.27. The molecule has 0 fully saturated rings. The Bertz CT molecular complexity index is 9120. The summed E-state index contributed by atoms with van der Waals surface area (Å²) in [6.07, 6.45) is 3.62. The number of rotatable bonds is 8. The fourth-order valence-electron chi connectivity index (χ4n) is 21.3. The Kier molecular flexibility index (Phi) is 15.9. The number of fused-ring (bicyclic) bond motifs is 15. The quantitative estimate of drug-likeness (QED) is 0.140. The zero-order valence-corrected chi connectivity index (χ0v) is 69.4. The number of aromatic nitrogens is 10. The summed E-state index contributed by atoms with van der Waals surface area (Å²) >= 11 is 0. The highest BCUT2D eigenvalue weighted by atomic mass is 15.2. The second kappa shape index (κ2) is 28.5. The van der Waals surface area contributed by atoms with Gasteiger partial charge in [-0.3, -0.25) is 9.13 Å². The minimum Gasteiger partial charge on any atom is -0.309 e. The Morgan fingerprint density at radius 1 is 0.163 bits per heavy atom. The van der Waals surface area contributed by atoms with E-state index in [0.29, 0.717) is 29.4 Å². The molecular formula is C119H70N10. The van der Waals surface area contributed by atoms with Gasteiger partial charge in [0.25, 0.3) is 0 Å². The zero-order chi connectivity index (χ0) is 84.5. The maximum Gasteiger partial charge on any atom is 0.235 e. The van der Waals surface area contributed by atoms with Crippen molar-refractivity contribution in [1.82, 2.24) is 48.6 Å². The summed E-state index contributed by atoms with van der Waals surface area (Å²) in [5, 5.41) is 23.0. The first-order valence-electron chi connectivity index (χ1n) is 43.8. The van der Waals surface area contributed by atoms with Gasteiger partial charge in [-0.2, -0.15) is 0 Å². The average Bonchev–Trinajstić information content (AvgIpc) is 1.55. The lowest BCUT2D eigenvalue weighted by atomic mass is 9.90. The number of benzene rings is 20. The molecule has 29 rings (SSSR count). The van der Waals surface area contributed by atoms with Crippen LogP contribution in [0.1, 0.15) is 0 Å². The first-order valence-corrected chi connectivity index (χ1v) is 43.8. The van der Waals surface area contributed by atoms with Crippen molar-refractivity contribution in [3.05, 3.63) is 425 Å². The van der Waals surface area contributed by atoms with Gasteiger partial charge in [0.15, 0.2) is 17.5 Å². The van der Waals surface area contributed by atoms with E-state index in [9.17, 15) is 0 Å². The first kappa shape index (κ1) is 72.0. The van der Waals surface area contributed by atoms with Gasteiger partial charge in [0, 0.05) is 94.4 Å². The van der Waals surface area contributed by atoms with Gasteiger partial charge in [0.2, 0.25) is 11.9 Å². The number of hydrogen-bond acceptors (Lipinski definition) is 7. The molecule has 0 saturated heterocycles. The molecule has 3 aliphatic rings. The molecule has 0 saturated carbocycles. The summed E-state index contributed by atoms with van der Waals surface area (Å²) < 4.78 is 6.90. The van der Waals surface area contributed by atoms with Crippen molar-refractivity contribution < 1.29 is 0 Å². The fourth-order valence-corrected chi connectivity index (χ4v) is 21.3. The van der Waals surface area contributed by atoms with E-state index in [2.05, 4.69) is 357 Å². The predicted octanol–water partition coefficient (Wildman–Crippen LogP) is 30.3. The molecule has 0 aliphatic heterocycles. The van der Waals surface area contributed by atoms with Crippen molar-refractivity contribution in [1.29, 1.82) is 0 Å². The monoisotopic (exact) mass is 1640 g/mol. The minimum atomic E-state index is 0.639. The highest BCUT2D eigenvalue weighted by Crippen LogP contribution is 2.56. The third-order valence-electron chi connectivity index (χ3n) is 26.7. The summed E-state index contributed by atoms with van der Waals surface area (Å²) in [5.74, 6) is 3.31. The standard InChI is InChI=1S/C47H28N4.C42H25N3.C30H17N3/c1-3-13-29(14-4-1)45-48-46(30-15-5-2-6-16-30)50-47(49-45)32-18-11-19-33(27-32)51-40-24-12-23-37-35-21-9-10-22-36(35)39-28-31-17-7-8-20-34(31)38-25-26-41(51)44(42(38)39)43(37)40;1-3-12-26(13-4-1)35-25-36(27-14-5-2-6-15-27)44-42(43-35)45-37-21-11-20-32-30-18-9-10-19-31(30)34-24-28-16-7-8-17-29(28)33-22-23-38(45)41(39(33)34)40(32)37;1-2-8-19-18(7-1)17-24-21-10-4-3-9-20(21)22-11-5-12-25-28(22)29-26(14-13-23(19)27(24)29)33(25)30-31-15-6-16-32-30/h1-28H;1-25H;1-17H. The summed E-state index contributed by atoms with van der Waals surface area (Å²) in [5.41, 5.74) is 29.9. The van der Waals surface area contributed by atoms with Crippen LogP contribution in [-0.2, 0) is 0 Å². The van der Waals surface area contributed by atoms with Gasteiger partial charge in [-0.15, -0.1) is 0 Å². The smallest absolute Gasteiger partial charge is 0.235 e. The van der Waals surface area contributed by atoms with E-state index in [1.807, 2.05) is 91.3 Å². The third kappa shape index (κ3) is 11.0. The lowest BCUT2D eigenvalue weighted by Gasteiger charge is -2.15. The molecule has 0 bridgehead atoms. The maximum absolute atomic E-state index is 5.27. The molecule has 6 heterocycles. The van der Waals surface area contributed by atoms with Crippen LogP contribution < -0.4 is 0 Å². The molecule has 6 aromatic heterocycles. The summed E-state index contributed by atoms with van der Waals surface area (Å²) in [6, 6.07) is 147. The van der Waals surface area contributed by atoms with Gasteiger partial charge < -0.3 is 4.57 Å². The van der Waals surface area contributed by atoms with Gasteiger partial charge in [-0.25, -0.2) is 34.9 Å². The van der Waals surface area contributed by atoms with Crippen molar-refractivity contribution >= 4 is 130 Å². The molecule has 3 aliphatic carbocycles. The summed E-state index contributed by atoms with van der Waals surface area (Å²) in [4.78, 5) is 34.8. The second-order valence-corrected chi connectivity index (χ2v) is 33.6. The van der Waals surface area contributed by atoms with Gasteiger partial charge >= 0.3 is 0 Å². The van der Waals surface area contributed by atoms with E-state index < -0.39 is 0 Å². The second-order valence-electron chi connectivity index (χ2n) is 33.6. The zero-order valence-electron chi connectivity index (χ0n) is 69.4. The molecule has 10 heteroatoms. The number of nitrogens with zero attached hydrogens (tertiary/aromatic N) is 10. The van der Waals surface area contributed by atoms with Crippen LogP contribution in [0.25, 0.3) is 271 Å². The van der Waals surface area contributed by atoms with Crippen molar-refractivity contribution in [2.45, 2.75) is 0 Å². The van der Waals surface area contributed by atoms with Gasteiger partial charge in [0.05, 0.1) is 44.5 Å². The highest BCUT2D eigenvalue weighted by molar-refractivity contribution is 6.37. The molecule has 0 amide bonds. The van der Waals surface area contributed by atoms with Crippen LogP contribution in [0.5, 0.6) is 0 Å². The Balaban J connectivity index is 0.000000102. The largest absolute Gasteiger partial charge is 0.309 e. The van der Waals surface area contributed by atoms with Crippen molar-refractivity contribution in [3.63, 3.8) is 0 Å². The van der Waals surface area contributed by atoms with Crippen LogP contribution in [0.3, 0.4) is 0 Å². The van der Waals surface area contributed by atoms with E-state index >= 15 is 0 Å².